The Kier molecular flexibility index (Phi) is 2.94. The molecule has 16 heavy (non-hydrogen) atoms. The zero-order chi connectivity index (χ0) is 11.6. The third-order valence-corrected chi connectivity index (χ3v) is 3.52. The molecule has 2 aromatic rings. The lowest BCUT2D eigenvalue weighted by Crippen LogP contribution is -1.89. The van der Waals surface area contributed by atoms with Crippen LogP contribution in [0, 0.1) is 0 Å². The molecule has 0 saturated carbocycles. The zero-order valence-corrected chi connectivity index (χ0v) is 9.74. The number of rotatable bonds is 2. The maximum Gasteiger partial charge on any atom is 0.261 e. The Labute approximate surface area is 98.1 Å². The van der Waals surface area contributed by atoms with Crippen LogP contribution >= 0.6 is 10.7 Å². The summed E-state index contributed by atoms with van der Waals surface area (Å²) in [6.07, 6.45) is 3.36. The first-order valence-electron chi connectivity index (χ1n) is 4.52. The van der Waals surface area contributed by atoms with E-state index in [0.717, 1.165) is 11.1 Å². The van der Waals surface area contributed by atoms with Crippen LogP contribution in [0.4, 0.5) is 0 Å². The average molecular weight is 254 g/mol. The molecule has 5 heteroatoms. The quantitative estimate of drug-likeness (QED) is 0.773. The van der Waals surface area contributed by atoms with E-state index in [1.165, 1.54) is 12.1 Å². The van der Waals surface area contributed by atoms with E-state index in [4.69, 9.17) is 10.7 Å². The van der Waals surface area contributed by atoms with Gasteiger partial charge in [0.25, 0.3) is 9.05 Å². The highest BCUT2D eigenvalue weighted by Crippen LogP contribution is 2.21. The van der Waals surface area contributed by atoms with Crippen LogP contribution in [-0.2, 0) is 9.05 Å². The van der Waals surface area contributed by atoms with Crippen LogP contribution in [0.1, 0.15) is 0 Å². The normalized spacial score (nSPS) is 11.3. The van der Waals surface area contributed by atoms with Crippen molar-refractivity contribution in [1.82, 2.24) is 4.98 Å². The van der Waals surface area contributed by atoms with Gasteiger partial charge in [0.2, 0.25) is 0 Å². The molecule has 1 heterocycles. The lowest BCUT2D eigenvalue weighted by Gasteiger charge is -2.01. The van der Waals surface area contributed by atoms with Gasteiger partial charge in [-0.15, -0.1) is 0 Å². The number of hydrogen-bond acceptors (Lipinski definition) is 3. The first-order valence-corrected chi connectivity index (χ1v) is 6.83. The molecular weight excluding hydrogens is 246 g/mol. The maximum absolute atomic E-state index is 11.0. The van der Waals surface area contributed by atoms with Crippen molar-refractivity contribution in [3.05, 3.63) is 48.8 Å². The molecule has 0 aliphatic rings. The highest BCUT2D eigenvalue weighted by molar-refractivity contribution is 8.13. The zero-order valence-electron chi connectivity index (χ0n) is 8.17. The molecule has 82 valence electrons. The Bertz CT molecular complexity index is 579. The summed E-state index contributed by atoms with van der Waals surface area (Å²) in [6, 6.07) is 10.1. The number of halogens is 1. The van der Waals surface area contributed by atoms with Gasteiger partial charge in [0.1, 0.15) is 0 Å². The Morgan fingerprint density at radius 2 is 1.38 bits per heavy atom. The monoisotopic (exact) mass is 253 g/mol. The molecule has 0 N–H and O–H groups in total. The van der Waals surface area contributed by atoms with Gasteiger partial charge in [0, 0.05) is 23.1 Å². The molecule has 2 rings (SSSR count). The number of pyridine rings is 1. The minimum Gasteiger partial charge on any atom is -0.265 e. The molecule has 0 unspecified atom stereocenters. The van der Waals surface area contributed by atoms with Crippen molar-refractivity contribution in [2.45, 2.75) is 4.90 Å². The summed E-state index contributed by atoms with van der Waals surface area (Å²) in [5, 5.41) is 0. The topological polar surface area (TPSA) is 47.0 Å². The molecule has 0 spiro atoms. The second-order valence-corrected chi connectivity index (χ2v) is 5.76. The average Bonchev–Trinajstić information content (AvgIpc) is 2.29. The lowest BCUT2D eigenvalue weighted by atomic mass is 10.1. The standard InChI is InChI=1S/C11H8ClNO2S/c12-16(14,15)11-3-1-9(2-4-11)10-5-7-13-8-6-10/h1-8H. The van der Waals surface area contributed by atoms with Gasteiger partial charge in [-0.25, -0.2) is 8.42 Å². The van der Waals surface area contributed by atoms with Crippen molar-refractivity contribution >= 4 is 19.7 Å². The summed E-state index contributed by atoms with van der Waals surface area (Å²) in [5.74, 6) is 0. The Hall–Kier alpha value is -1.39. The molecule has 3 nitrogen and oxygen atoms in total. The van der Waals surface area contributed by atoms with Crippen molar-refractivity contribution < 1.29 is 8.42 Å². The van der Waals surface area contributed by atoms with Crippen LogP contribution in [0.2, 0.25) is 0 Å². The number of hydrogen-bond donors (Lipinski definition) is 0. The summed E-state index contributed by atoms with van der Waals surface area (Å²) in [7, 11) is 1.58. The van der Waals surface area contributed by atoms with E-state index in [9.17, 15) is 8.42 Å². The minimum atomic E-state index is -3.64. The van der Waals surface area contributed by atoms with E-state index in [1.807, 2.05) is 12.1 Å². The highest BCUT2D eigenvalue weighted by atomic mass is 35.7. The predicted octanol–water partition coefficient (Wildman–Crippen LogP) is 2.68. The van der Waals surface area contributed by atoms with Crippen LogP contribution in [0.25, 0.3) is 11.1 Å². The molecular formula is C11H8ClNO2S. The van der Waals surface area contributed by atoms with Gasteiger partial charge < -0.3 is 0 Å². The van der Waals surface area contributed by atoms with E-state index < -0.39 is 9.05 Å². The molecule has 0 bridgehead atoms. The third kappa shape index (κ3) is 2.40. The molecule has 0 amide bonds. The van der Waals surface area contributed by atoms with Crippen LogP contribution in [-0.4, -0.2) is 13.4 Å². The van der Waals surface area contributed by atoms with E-state index in [1.54, 1.807) is 24.5 Å². The molecule has 0 fully saturated rings. The number of nitrogens with zero attached hydrogens (tertiary/aromatic N) is 1. The van der Waals surface area contributed by atoms with Crippen molar-refractivity contribution in [2.75, 3.05) is 0 Å². The number of benzene rings is 1. The molecule has 0 saturated heterocycles. The van der Waals surface area contributed by atoms with E-state index in [0.29, 0.717) is 0 Å². The largest absolute Gasteiger partial charge is 0.265 e. The smallest absolute Gasteiger partial charge is 0.261 e. The molecule has 0 aliphatic heterocycles. The second-order valence-electron chi connectivity index (χ2n) is 3.20. The van der Waals surface area contributed by atoms with Crippen molar-refractivity contribution in [3.8, 4) is 11.1 Å². The summed E-state index contributed by atoms with van der Waals surface area (Å²) in [5.41, 5.74) is 1.90. The van der Waals surface area contributed by atoms with E-state index >= 15 is 0 Å². The van der Waals surface area contributed by atoms with Crippen LogP contribution in [0.3, 0.4) is 0 Å². The van der Waals surface area contributed by atoms with Gasteiger partial charge >= 0.3 is 0 Å². The Morgan fingerprint density at radius 1 is 0.875 bits per heavy atom. The molecule has 0 radical (unpaired) electrons. The fourth-order valence-electron chi connectivity index (χ4n) is 1.35. The van der Waals surface area contributed by atoms with Gasteiger partial charge in [-0.2, -0.15) is 0 Å². The highest BCUT2D eigenvalue weighted by Gasteiger charge is 2.09. The van der Waals surface area contributed by atoms with Gasteiger partial charge in [-0.05, 0) is 35.4 Å². The fourth-order valence-corrected chi connectivity index (χ4v) is 2.12. The van der Waals surface area contributed by atoms with Crippen molar-refractivity contribution in [3.63, 3.8) is 0 Å². The molecule has 1 aromatic carbocycles. The van der Waals surface area contributed by atoms with Gasteiger partial charge in [-0.3, -0.25) is 4.98 Å². The first kappa shape index (κ1) is 11.1. The second kappa shape index (κ2) is 4.23. The lowest BCUT2D eigenvalue weighted by molar-refractivity contribution is 0.609. The molecule has 0 atom stereocenters. The Balaban J connectivity index is 2.41. The first-order chi connectivity index (χ1) is 7.57. The predicted molar refractivity (Wildman–Crippen MR) is 62.7 cm³/mol. The van der Waals surface area contributed by atoms with E-state index in [-0.39, 0.29) is 4.90 Å². The summed E-state index contributed by atoms with van der Waals surface area (Å²) in [4.78, 5) is 4.01. The molecule has 1 aromatic heterocycles. The van der Waals surface area contributed by atoms with Crippen molar-refractivity contribution in [1.29, 1.82) is 0 Å². The van der Waals surface area contributed by atoms with Gasteiger partial charge in [0.15, 0.2) is 0 Å². The third-order valence-electron chi connectivity index (χ3n) is 2.15. The minimum absolute atomic E-state index is 0.104. The van der Waals surface area contributed by atoms with E-state index in [2.05, 4.69) is 4.98 Å². The summed E-state index contributed by atoms with van der Waals surface area (Å²) < 4.78 is 22.1. The summed E-state index contributed by atoms with van der Waals surface area (Å²) in [6.45, 7) is 0. The van der Waals surface area contributed by atoms with Crippen LogP contribution in [0.5, 0.6) is 0 Å². The Morgan fingerprint density at radius 3 is 1.88 bits per heavy atom. The summed E-state index contributed by atoms with van der Waals surface area (Å²) >= 11 is 0. The maximum atomic E-state index is 11.0. The fraction of sp³-hybridized carbons (Fsp3) is 0. The van der Waals surface area contributed by atoms with Crippen molar-refractivity contribution in [2.24, 2.45) is 0 Å². The van der Waals surface area contributed by atoms with Gasteiger partial charge in [0.05, 0.1) is 4.90 Å². The SMILES string of the molecule is O=S(=O)(Cl)c1ccc(-c2ccncc2)cc1. The number of aromatic nitrogens is 1. The van der Waals surface area contributed by atoms with Crippen LogP contribution < -0.4 is 0 Å². The van der Waals surface area contributed by atoms with Gasteiger partial charge in [-0.1, -0.05) is 12.1 Å². The van der Waals surface area contributed by atoms with Crippen LogP contribution in [0.15, 0.2) is 53.7 Å². The molecule has 0 aliphatic carbocycles.